The van der Waals surface area contributed by atoms with Crippen molar-refractivity contribution < 1.29 is 28.6 Å². The molecular weight excluding hydrogens is 925 g/mol. The van der Waals surface area contributed by atoms with Gasteiger partial charge in [-0.25, -0.2) is 0 Å². The molecule has 1 atom stereocenters. The molecule has 0 aliphatic carbocycles. The first kappa shape index (κ1) is 70.5. The first-order valence-electron chi connectivity index (χ1n) is 30.7. The van der Waals surface area contributed by atoms with Crippen LogP contribution in [0.1, 0.15) is 265 Å². The van der Waals surface area contributed by atoms with E-state index in [0.717, 1.165) is 161 Å². The lowest BCUT2D eigenvalue weighted by Gasteiger charge is -2.18. The molecule has 0 aromatic heterocycles. The van der Waals surface area contributed by atoms with E-state index in [1.54, 1.807) is 0 Å². The number of unbranched alkanes of at least 4 members (excludes halogenated alkanes) is 21. The standard InChI is InChI=1S/C69H112O6/c1-4-7-10-13-16-19-22-24-25-26-27-28-29-30-31-32-33-34-35-36-37-38-39-40-41-42-43-45-47-50-53-56-59-62-68(71)74-65-66(64-73-67(70)61-58-55-52-49-46-21-18-15-12-9-6-3)75-69(72)63-60-57-54-51-48-44-23-20-17-14-11-8-5-2/h7,10-11,14-16,18-20,23-25,27-28,30-31,33-34,36-37,39-40,66H,4-6,8-9,12-13,17,21-22,26,29,32,35,38,41-65H2,1-3H3/b10-7-,14-11-,18-15-,19-16-,23-20-,25-24-,28-27-,31-30-,34-33-,37-36-,40-39-. The van der Waals surface area contributed by atoms with Crippen molar-refractivity contribution in [2.75, 3.05) is 13.2 Å². The second-order valence-corrected chi connectivity index (χ2v) is 19.9. The molecule has 1 unspecified atom stereocenters. The van der Waals surface area contributed by atoms with Crippen LogP contribution >= 0.6 is 0 Å². The van der Waals surface area contributed by atoms with Crippen molar-refractivity contribution in [1.29, 1.82) is 0 Å². The summed E-state index contributed by atoms with van der Waals surface area (Å²) < 4.78 is 16.8. The molecule has 0 heterocycles. The number of hydrogen-bond donors (Lipinski definition) is 0. The molecule has 0 saturated carbocycles. The van der Waals surface area contributed by atoms with E-state index in [2.05, 4.69) is 154 Å². The SMILES string of the molecule is CC/C=C\C/C=C\C/C=C\C/C=C\C/C=C\C/C=C\C/C=C\C/C=C\CCCCCCCCCCC(=O)OCC(COC(=O)CCCCCCC/C=C\CCCC)OC(=O)CCCCCCC/C=C\C/C=C\CCC. The molecule has 424 valence electrons. The summed E-state index contributed by atoms with van der Waals surface area (Å²) in [6, 6.07) is 0. The summed E-state index contributed by atoms with van der Waals surface area (Å²) in [7, 11) is 0. The molecule has 6 nitrogen and oxygen atoms in total. The molecule has 0 N–H and O–H groups in total. The van der Waals surface area contributed by atoms with Crippen LogP contribution in [0.2, 0.25) is 0 Å². The minimum absolute atomic E-state index is 0.0932. The fraction of sp³-hybridized carbons (Fsp3) is 0.638. The molecule has 0 bridgehead atoms. The fourth-order valence-electron chi connectivity index (χ4n) is 8.01. The molecule has 0 spiro atoms. The van der Waals surface area contributed by atoms with Crippen LogP contribution < -0.4 is 0 Å². The highest BCUT2D eigenvalue weighted by molar-refractivity contribution is 5.71. The van der Waals surface area contributed by atoms with Crippen LogP contribution in [-0.2, 0) is 28.6 Å². The Hall–Kier alpha value is -4.45. The van der Waals surface area contributed by atoms with Crippen molar-refractivity contribution in [3.05, 3.63) is 134 Å². The van der Waals surface area contributed by atoms with Crippen molar-refractivity contribution in [3.8, 4) is 0 Å². The van der Waals surface area contributed by atoms with Gasteiger partial charge < -0.3 is 14.2 Å². The van der Waals surface area contributed by atoms with E-state index in [1.165, 1.54) is 64.2 Å². The molecule has 0 aliphatic rings. The van der Waals surface area contributed by atoms with E-state index in [0.29, 0.717) is 19.3 Å². The molecule has 0 aromatic rings. The van der Waals surface area contributed by atoms with Gasteiger partial charge in [0.2, 0.25) is 0 Å². The number of carbonyl (C=O) groups is 3. The Kier molecular flexibility index (Phi) is 58.4. The van der Waals surface area contributed by atoms with Crippen molar-refractivity contribution in [1.82, 2.24) is 0 Å². The van der Waals surface area contributed by atoms with Crippen molar-refractivity contribution >= 4 is 17.9 Å². The van der Waals surface area contributed by atoms with E-state index >= 15 is 0 Å². The zero-order valence-electron chi connectivity index (χ0n) is 48.5. The topological polar surface area (TPSA) is 78.9 Å². The van der Waals surface area contributed by atoms with Gasteiger partial charge in [0.1, 0.15) is 13.2 Å². The van der Waals surface area contributed by atoms with Crippen LogP contribution in [-0.4, -0.2) is 37.2 Å². The fourth-order valence-corrected chi connectivity index (χ4v) is 8.01. The zero-order chi connectivity index (χ0) is 54.3. The number of rotatable bonds is 54. The number of ether oxygens (including phenoxy) is 3. The zero-order valence-corrected chi connectivity index (χ0v) is 48.5. The molecule has 0 radical (unpaired) electrons. The Morgan fingerprint density at radius 3 is 0.880 bits per heavy atom. The number of carbonyl (C=O) groups excluding carboxylic acids is 3. The molecule has 0 aliphatic heterocycles. The van der Waals surface area contributed by atoms with Gasteiger partial charge in [0.05, 0.1) is 0 Å². The minimum atomic E-state index is -0.795. The molecule has 75 heavy (non-hydrogen) atoms. The number of hydrogen-bond acceptors (Lipinski definition) is 6. The van der Waals surface area contributed by atoms with E-state index < -0.39 is 6.10 Å². The van der Waals surface area contributed by atoms with Crippen molar-refractivity contribution in [3.63, 3.8) is 0 Å². The van der Waals surface area contributed by atoms with Gasteiger partial charge in [-0.1, -0.05) is 251 Å². The maximum atomic E-state index is 12.8. The molecule has 0 amide bonds. The molecular formula is C69H112O6. The Morgan fingerprint density at radius 1 is 0.280 bits per heavy atom. The van der Waals surface area contributed by atoms with Crippen LogP contribution in [0.15, 0.2) is 134 Å². The summed E-state index contributed by atoms with van der Waals surface area (Å²) in [6.45, 7) is 6.39. The van der Waals surface area contributed by atoms with Crippen molar-refractivity contribution in [2.24, 2.45) is 0 Å². The third kappa shape index (κ3) is 60.3. The first-order chi connectivity index (χ1) is 37.0. The van der Waals surface area contributed by atoms with E-state index in [1.807, 2.05) is 0 Å². The second-order valence-electron chi connectivity index (χ2n) is 19.9. The van der Waals surface area contributed by atoms with Crippen LogP contribution in [0.4, 0.5) is 0 Å². The summed E-state index contributed by atoms with van der Waals surface area (Å²) in [6.07, 6.45) is 87.5. The Labute approximate surface area is 462 Å². The number of esters is 3. The van der Waals surface area contributed by atoms with Gasteiger partial charge in [-0.2, -0.15) is 0 Å². The molecule has 6 heteroatoms. The largest absolute Gasteiger partial charge is 0.462 e. The Bertz CT molecular complexity index is 1620. The lowest BCUT2D eigenvalue weighted by Crippen LogP contribution is -2.30. The highest BCUT2D eigenvalue weighted by Gasteiger charge is 2.19. The van der Waals surface area contributed by atoms with Gasteiger partial charge in [0.25, 0.3) is 0 Å². The average Bonchev–Trinajstić information content (AvgIpc) is 3.41. The lowest BCUT2D eigenvalue weighted by molar-refractivity contribution is -0.167. The van der Waals surface area contributed by atoms with Crippen LogP contribution in [0.25, 0.3) is 0 Å². The number of allylic oxidation sites excluding steroid dienone is 22. The quantitative estimate of drug-likeness (QED) is 0.0261. The highest BCUT2D eigenvalue weighted by atomic mass is 16.6. The van der Waals surface area contributed by atoms with Gasteiger partial charge in [-0.3, -0.25) is 14.4 Å². The van der Waals surface area contributed by atoms with Gasteiger partial charge in [0, 0.05) is 19.3 Å². The minimum Gasteiger partial charge on any atom is -0.462 e. The predicted molar refractivity (Wildman–Crippen MR) is 325 cm³/mol. The summed E-state index contributed by atoms with van der Waals surface area (Å²) in [5, 5.41) is 0. The molecule has 0 saturated heterocycles. The third-order valence-corrected chi connectivity index (χ3v) is 12.6. The maximum absolute atomic E-state index is 12.8. The molecule has 0 rings (SSSR count). The highest BCUT2D eigenvalue weighted by Crippen LogP contribution is 2.14. The Morgan fingerprint density at radius 2 is 0.547 bits per heavy atom. The van der Waals surface area contributed by atoms with Crippen molar-refractivity contribution in [2.45, 2.75) is 271 Å². The van der Waals surface area contributed by atoms with Crippen LogP contribution in [0, 0.1) is 0 Å². The van der Waals surface area contributed by atoms with Crippen LogP contribution in [0.5, 0.6) is 0 Å². The van der Waals surface area contributed by atoms with E-state index in [4.69, 9.17) is 14.2 Å². The van der Waals surface area contributed by atoms with Gasteiger partial charge in [-0.05, 0) is 128 Å². The summed E-state index contributed by atoms with van der Waals surface area (Å²) in [5.74, 6) is -0.928. The lowest BCUT2D eigenvalue weighted by atomic mass is 10.1. The second kappa shape index (κ2) is 62.1. The first-order valence-corrected chi connectivity index (χ1v) is 30.7. The predicted octanol–water partition coefficient (Wildman–Crippen LogP) is 21.0. The average molecular weight is 1040 g/mol. The van der Waals surface area contributed by atoms with Gasteiger partial charge >= 0.3 is 17.9 Å². The monoisotopic (exact) mass is 1040 g/mol. The summed E-state index contributed by atoms with van der Waals surface area (Å²) >= 11 is 0. The van der Waals surface area contributed by atoms with Crippen LogP contribution in [0.3, 0.4) is 0 Å². The third-order valence-electron chi connectivity index (χ3n) is 12.6. The molecule has 0 aromatic carbocycles. The summed E-state index contributed by atoms with van der Waals surface area (Å²) in [4.78, 5) is 38.1. The normalized spacial score (nSPS) is 13.1. The smallest absolute Gasteiger partial charge is 0.306 e. The molecule has 0 fully saturated rings. The summed E-state index contributed by atoms with van der Waals surface area (Å²) in [5.41, 5.74) is 0. The van der Waals surface area contributed by atoms with Gasteiger partial charge in [0.15, 0.2) is 6.10 Å². The van der Waals surface area contributed by atoms with Gasteiger partial charge in [-0.15, -0.1) is 0 Å². The maximum Gasteiger partial charge on any atom is 0.306 e. The van der Waals surface area contributed by atoms with E-state index in [-0.39, 0.29) is 31.1 Å². The van der Waals surface area contributed by atoms with E-state index in [9.17, 15) is 14.4 Å². The Balaban J connectivity index is 4.23.